The van der Waals surface area contributed by atoms with Gasteiger partial charge in [0.25, 0.3) is 0 Å². The zero-order chi connectivity index (χ0) is 14.9. The van der Waals surface area contributed by atoms with Gasteiger partial charge in [0, 0.05) is 6.61 Å². The molecule has 0 atom stereocenters. The Bertz CT molecular complexity index is 293. The summed E-state index contributed by atoms with van der Waals surface area (Å²) in [6.07, 6.45) is 18.3. The number of rotatable bonds is 8. The monoisotopic (exact) mass is 290 g/mol. The lowest BCUT2D eigenvalue weighted by Crippen LogP contribution is -2.20. The highest BCUT2D eigenvalue weighted by molar-refractivity contribution is 4.84. The summed E-state index contributed by atoms with van der Waals surface area (Å²) in [4.78, 5) is 0. The van der Waals surface area contributed by atoms with Gasteiger partial charge in [0.05, 0.1) is 6.61 Å². The predicted molar refractivity (Wildman–Crippen MR) is 91.3 cm³/mol. The lowest BCUT2D eigenvalue weighted by Gasteiger charge is -2.31. The normalized spacial score (nSPS) is 33.5. The van der Waals surface area contributed by atoms with Gasteiger partial charge in [-0.1, -0.05) is 37.8 Å². The largest absolute Gasteiger partial charge is 0.377 e. The van der Waals surface area contributed by atoms with Gasteiger partial charge in [-0.3, -0.25) is 0 Å². The van der Waals surface area contributed by atoms with Gasteiger partial charge in [-0.25, -0.2) is 0 Å². The Morgan fingerprint density at radius 2 is 1.29 bits per heavy atom. The van der Waals surface area contributed by atoms with Crippen LogP contribution >= 0.6 is 0 Å². The molecule has 1 heteroatoms. The van der Waals surface area contributed by atoms with E-state index in [1.54, 1.807) is 0 Å². The fraction of sp³-hybridized carbons (Fsp3) is 0.800. The van der Waals surface area contributed by atoms with Gasteiger partial charge >= 0.3 is 0 Å². The average Bonchev–Trinajstić information content (AvgIpc) is 2.55. The summed E-state index contributed by atoms with van der Waals surface area (Å²) in [5.41, 5.74) is 0. The molecule has 0 spiro atoms. The van der Waals surface area contributed by atoms with E-state index in [4.69, 9.17) is 4.74 Å². The molecule has 0 aliphatic heterocycles. The first-order valence-corrected chi connectivity index (χ1v) is 9.13. The van der Waals surface area contributed by atoms with Crippen LogP contribution in [0.4, 0.5) is 0 Å². The molecule has 0 aromatic heterocycles. The van der Waals surface area contributed by atoms with Crippen LogP contribution in [0.25, 0.3) is 0 Å². The first-order valence-electron chi connectivity index (χ1n) is 9.13. The first kappa shape index (κ1) is 16.8. The van der Waals surface area contributed by atoms with Gasteiger partial charge in [-0.2, -0.15) is 0 Å². The van der Waals surface area contributed by atoms with E-state index in [0.717, 1.165) is 30.3 Å². The zero-order valence-corrected chi connectivity index (χ0v) is 13.8. The molecule has 2 rings (SSSR count). The van der Waals surface area contributed by atoms with Crippen molar-refractivity contribution in [3.63, 3.8) is 0 Å². The molecule has 2 aliphatic carbocycles. The van der Waals surface area contributed by atoms with Crippen LogP contribution in [-0.2, 0) is 4.74 Å². The number of hydrogen-bond acceptors (Lipinski definition) is 1. The maximum atomic E-state index is 5.61. The molecule has 1 nitrogen and oxygen atoms in total. The van der Waals surface area contributed by atoms with Crippen LogP contribution < -0.4 is 0 Å². The summed E-state index contributed by atoms with van der Waals surface area (Å²) in [7, 11) is 0. The van der Waals surface area contributed by atoms with E-state index < -0.39 is 0 Å². The zero-order valence-electron chi connectivity index (χ0n) is 13.8. The molecule has 0 aromatic carbocycles. The molecule has 21 heavy (non-hydrogen) atoms. The maximum absolute atomic E-state index is 5.61. The Balaban J connectivity index is 1.54. The van der Waals surface area contributed by atoms with Crippen molar-refractivity contribution in [1.82, 2.24) is 0 Å². The van der Waals surface area contributed by atoms with E-state index >= 15 is 0 Å². The van der Waals surface area contributed by atoms with E-state index in [0.29, 0.717) is 6.61 Å². The average molecular weight is 290 g/mol. The highest BCUT2D eigenvalue weighted by Gasteiger charge is 2.24. The summed E-state index contributed by atoms with van der Waals surface area (Å²) >= 11 is 0. The van der Waals surface area contributed by atoms with E-state index in [9.17, 15) is 0 Å². The standard InChI is InChI=1S/C20H34O/c1-3-15-21-16-20-13-11-19(12-14-20)10-9-18-7-5-17(4-2)6-8-18/h3-4,17-20H,1-2,5-16H2/t17-,18-,19?,20?. The van der Waals surface area contributed by atoms with Gasteiger partial charge in [0.2, 0.25) is 0 Å². The van der Waals surface area contributed by atoms with Crippen LogP contribution in [0.1, 0.15) is 64.2 Å². The van der Waals surface area contributed by atoms with Gasteiger partial charge in [0.15, 0.2) is 0 Å². The van der Waals surface area contributed by atoms with Crippen molar-refractivity contribution in [2.75, 3.05) is 13.2 Å². The van der Waals surface area contributed by atoms with Crippen molar-refractivity contribution in [2.24, 2.45) is 23.7 Å². The second-order valence-corrected chi connectivity index (χ2v) is 7.31. The van der Waals surface area contributed by atoms with E-state index in [2.05, 4.69) is 19.2 Å². The minimum absolute atomic E-state index is 0.716. The Hall–Kier alpha value is -0.560. The van der Waals surface area contributed by atoms with Gasteiger partial charge in [-0.05, 0) is 62.2 Å². The third kappa shape index (κ3) is 5.98. The summed E-state index contributed by atoms with van der Waals surface area (Å²) in [6.45, 7) is 9.31. The van der Waals surface area contributed by atoms with Crippen molar-refractivity contribution in [2.45, 2.75) is 64.2 Å². The first-order chi connectivity index (χ1) is 10.3. The summed E-state index contributed by atoms with van der Waals surface area (Å²) < 4.78 is 5.61. The van der Waals surface area contributed by atoms with Crippen LogP contribution in [0.5, 0.6) is 0 Å². The van der Waals surface area contributed by atoms with Gasteiger partial charge in [0.1, 0.15) is 0 Å². The molecule has 120 valence electrons. The molecule has 0 radical (unpaired) electrons. The Kier molecular flexibility index (Phi) is 7.57. The topological polar surface area (TPSA) is 9.23 Å². The SMILES string of the molecule is C=CCOCC1CCC(CC[C@H]2CC[C@H](C=C)CC2)CC1. The molecule has 0 N–H and O–H groups in total. The molecule has 0 unspecified atom stereocenters. The second kappa shape index (κ2) is 9.46. The minimum Gasteiger partial charge on any atom is -0.377 e. The summed E-state index contributed by atoms with van der Waals surface area (Å²) in [6, 6.07) is 0. The summed E-state index contributed by atoms with van der Waals surface area (Å²) in [5.74, 6) is 3.63. The lowest BCUT2D eigenvalue weighted by molar-refractivity contribution is 0.0937. The molecule has 0 saturated heterocycles. The summed E-state index contributed by atoms with van der Waals surface area (Å²) in [5, 5.41) is 0. The third-order valence-corrected chi connectivity index (χ3v) is 5.76. The van der Waals surface area contributed by atoms with Crippen molar-refractivity contribution in [3.05, 3.63) is 25.3 Å². The Morgan fingerprint density at radius 3 is 1.81 bits per heavy atom. The molecule has 2 aliphatic rings. The van der Waals surface area contributed by atoms with Crippen LogP contribution in [0.3, 0.4) is 0 Å². The smallest absolute Gasteiger partial charge is 0.0644 e. The molecular formula is C20H34O. The van der Waals surface area contributed by atoms with E-state index in [1.165, 1.54) is 64.2 Å². The highest BCUT2D eigenvalue weighted by Crippen LogP contribution is 2.36. The lowest BCUT2D eigenvalue weighted by atomic mass is 9.76. The molecule has 2 fully saturated rings. The number of allylic oxidation sites excluding steroid dienone is 1. The van der Waals surface area contributed by atoms with Crippen molar-refractivity contribution < 1.29 is 4.74 Å². The molecule has 2 saturated carbocycles. The van der Waals surface area contributed by atoms with Crippen molar-refractivity contribution >= 4 is 0 Å². The van der Waals surface area contributed by atoms with Gasteiger partial charge in [-0.15, -0.1) is 13.2 Å². The molecule has 0 aromatic rings. The highest BCUT2D eigenvalue weighted by atomic mass is 16.5. The Morgan fingerprint density at radius 1 is 0.762 bits per heavy atom. The third-order valence-electron chi connectivity index (χ3n) is 5.76. The number of hydrogen-bond donors (Lipinski definition) is 0. The molecule has 0 heterocycles. The van der Waals surface area contributed by atoms with Crippen molar-refractivity contribution in [1.29, 1.82) is 0 Å². The second-order valence-electron chi connectivity index (χ2n) is 7.31. The quantitative estimate of drug-likeness (QED) is 0.407. The fourth-order valence-electron chi connectivity index (χ4n) is 4.19. The van der Waals surface area contributed by atoms with Crippen LogP contribution in [0.15, 0.2) is 25.3 Å². The van der Waals surface area contributed by atoms with Crippen LogP contribution in [0.2, 0.25) is 0 Å². The Labute approximate surface area is 131 Å². The van der Waals surface area contributed by atoms with E-state index in [1.807, 2.05) is 6.08 Å². The molecule has 0 bridgehead atoms. The fourth-order valence-corrected chi connectivity index (χ4v) is 4.19. The molecular weight excluding hydrogens is 256 g/mol. The predicted octanol–water partition coefficient (Wildman–Crippen LogP) is 5.77. The van der Waals surface area contributed by atoms with E-state index in [-0.39, 0.29) is 0 Å². The van der Waals surface area contributed by atoms with Crippen LogP contribution in [-0.4, -0.2) is 13.2 Å². The molecule has 0 amide bonds. The van der Waals surface area contributed by atoms with Crippen molar-refractivity contribution in [3.8, 4) is 0 Å². The van der Waals surface area contributed by atoms with Crippen LogP contribution in [0, 0.1) is 23.7 Å². The maximum Gasteiger partial charge on any atom is 0.0644 e. The minimum atomic E-state index is 0.716. The number of ether oxygens (including phenoxy) is 1. The van der Waals surface area contributed by atoms with Gasteiger partial charge < -0.3 is 4.74 Å².